The second-order valence-electron chi connectivity index (χ2n) is 5.48. The Morgan fingerprint density at radius 2 is 1.95 bits per heavy atom. The zero-order chi connectivity index (χ0) is 15.2. The molecule has 0 amide bonds. The van der Waals surface area contributed by atoms with E-state index in [0.29, 0.717) is 18.1 Å². The third-order valence-corrected chi connectivity index (χ3v) is 3.10. The third-order valence-electron chi connectivity index (χ3n) is 2.52. The molecule has 0 fully saturated rings. The van der Waals surface area contributed by atoms with Crippen LogP contribution in [0.1, 0.15) is 33.3 Å². The number of ether oxygens (including phenoxy) is 2. The van der Waals surface area contributed by atoms with E-state index in [2.05, 4.69) is 42.0 Å². The molecule has 20 heavy (non-hydrogen) atoms. The maximum absolute atomic E-state index is 12.3. The Kier molecular flexibility index (Phi) is 6.76. The topological polar surface area (TPSA) is 30.5 Å². The number of hydrogen-bond donors (Lipinski definition) is 1. The van der Waals surface area contributed by atoms with Crippen LogP contribution in [-0.4, -0.2) is 25.4 Å². The van der Waals surface area contributed by atoms with Gasteiger partial charge in [-0.25, -0.2) is 4.39 Å². The van der Waals surface area contributed by atoms with Crippen LogP contribution in [0.5, 0.6) is 11.5 Å². The van der Waals surface area contributed by atoms with Crippen molar-refractivity contribution in [2.45, 2.75) is 39.8 Å². The van der Waals surface area contributed by atoms with Crippen molar-refractivity contribution in [1.82, 2.24) is 5.32 Å². The monoisotopic (exact) mass is 347 g/mol. The Morgan fingerprint density at radius 1 is 1.25 bits per heavy atom. The molecule has 1 aromatic rings. The third kappa shape index (κ3) is 5.67. The molecule has 0 aliphatic rings. The maximum Gasteiger partial charge on any atom is 0.175 e. The molecule has 0 aliphatic heterocycles. The number of rotatable bonds is 7. The molecule has 0 spiro atoms. The van der Waals surface area contributed by atoms with E-state index in [1.54, 1.807) is 0 Å². The van der Waals surface area contributed by atoms with Crippen molar-refractivity contribution >= 4 is 15.9 Å². The van der Waals surface area contributed by atoms with Crippen LogP contribution < -0.4 is 14.8 Å². The minimum absolute atomic E-state index is 0.0261. The predicted molar refractivity (Wildman–Crippen MR) is 83.4 cm³/mol. The van der Waals surface area contributed by atoms with Crippen molar-refractivity contribution in [2.75, 3.05) is 19.9 Å². The highest BCUT2D eigenvalue weighted by molar-refractivity contribution is 9.10. The van der Waals surface area contributed by atoms with E-state index in [1.807, 2.05) is 19.1 Å². The Bertz CT molecular complexity index is 433. The number of benzene rings is 1. The Morgan fingerprint density at radius 3 is 2.50 bits per heavy atom. The molecule has 0 saturated carbocycles. The summed E-state index contributed by atoms with van der Waals surface area (Å²) >= 11 is 3.46. The lowest BCUT2D eigenvalue weighted by Gasteiger charge is -2.21. The Balaban J connectivity index is 2.93. The molecule has 3 nitrogen and oxygen atoms in total. The van der Waals surface area contributed by atoms with E-state index in [-0.39, 0.29) is 12.1 Å². The molecule has 5 heteroatoms. The molecule has 0 radical (unpaired) electrons. The number of alkyl halides is 1. The van der Waals surface area contributed by atoms with Crippen LogP contribution in [0.25, 0.3) is 0 Å². The SMILES string of the molecule is CCOc1cc(CNC(C)(C)C)cc(Br)c1OCCF. The predicted octanol–water partition coefficient (Wildman–Crippen LogP) is 4.08. The fourth-order valence-electron chi connectivity index (χ4n) is 1.63. The summed E-state index contributed by atoms with van der Waals surface area (Å²) in [6, 6.07) is 3.90. The van der Waals surface area contributed by atoms with Gasteiger partial charge in [0.25, 0.3) is 0 Å². The molecule has 1 aromatic carbocycles. The van der Waals surface area contributed by atoms with Gasteiger partial charge in [-0.2, -0.15) is 0 Å². The molecule has 0 atom stereocenters. The van der Waals surface area contributed by atoms with Crippen molar-refractivity contribution in [2.24, 2.45) is 0 Å². The van der Waals surface area contributed by atoms with Gasteiger partial charge >= 0.3 is 0 Å². The number of halogens is 2. The van der Waals surface area contributed by atoms with Crippen LogP contribution in [0.3, 0.4) is 0 Å². The van der Waals surface area contributed by atoms with E-state index < -0.39 is 6.67 Å². The van der Waals surface area contributed by atoms with Gasteiger partial charge in [0.2, 0.25) is 0 Å². The number of nitrogens with one attached hydrogen (secondary N) is 1. The summed E-state index contributed by atoms with van der Waals surface area (Å²) in [4.78, 5) is 0. The van der Waals surface area contributed by atoms with Gasteiger partial charge in [0, 0.05) is 12.1 Å². The van der Waals surface area contributed by atoms with Gasteiger partial charge in [0.1, 0.15) is 13.3 Å². The van der Waals surface area contributed by atoms with E-state index in [1.165, 1.54) is 0 Å². The second kappa shape index (κ2) is 7.84. The summed E-state index contributed by atoms with van der Waals surface area (Å²) < 4.78 is 24.0. The van der Waals surface area contributed by atoms with Gasteiger partial charge in [0.15, 0.2) is 11.5 Å². The van der Waals surface area contributed by atoms with E-state index in [0.717, 1.165) is 16.6 Å². The number of hydrogen-bond acceptors (Lipinski definition) is 3. The van der Waals surface area contributed by atoms with Crippen molar-refractivity contribution in [3.63, 3.8) is 0 Å². The molecule has 0 bridgehead atoms. The molecule has 0 aliphatic carbocycles. The first-order valence-electron chi connectivity index (χ1n) is 6.76. The fraction of sp³-hybridized carbons (Fsp3) is 0.600. The molecule has 114 valence electrons. The minimum atomic E-state index is -0.522. The summed E-state index contributed by atoms with van der Waals surface area (Å²) in [6.45, 7) is 9.02. The lowest BCUT2D eigenvalue weighted by atomic mass is 10.1. The van der Waals surface area contributed by atoms with Gasteiger partial charge in [-0.05, 0) is 61.3 Å². The highest BCUT2D eigenvalue weighted by Crippen LogP contribution is 2.37. The second-order valence-corrected chi connectivity index (χ2v) is 6.33. The summed E-state index contributed by atoms with van der Waals surface area (Å²) in [5, 5.41) is 3.42. The highest BCUT2D eigenvalue weighted by atomic mass is 79.9. The van der Waals surface area contributed by atoms with Crippen molar-refractivity contribution in [1.29, 1.82) is 0 Å². The van der Waals surface area contributed by atoms with Crippen LogP contribution >= 0.6 is 15.9 Å². The lowest BCUT2D eigenvalue weighted by Crippen LogP contribution is -2.35. The van der Waals surface area contributed by atoms with Crippen LogP contribution in [0, 0.1) is 0 Å². The average molecular weight is 348 g/mol. The standard InChI is InChI=1S/C15H23BrFNO2/c1-5-19-13-9-11(10-18-15(2,3)4)8-12(16)14(13)20-7-6-17/h8-9,18H,5-7,10H2,1-4H3. The highest BCUT2D eigenvalue weighted by Gasteiger charge is 2.14. The summed E-state index contributed by atoms with van der Waals surface area (Å²) in [5.74, 6) is 1.20. The normalized spacial score (nSPS) is 11.5. The molecule has 1 rings (SSSR count). The first kappa shape index (κ1) is 17.2. The van der Waals surface area contributed by atoms with Crippen molar-refractivity contribution in [3.05, 3.63) is 22.2 Å². The quantitative estimate of drug-likeness (QED) is 0.805. The zero-order valence-corrected chi connectivity index (χ0v) is 14.1. The minimum Gasteiger partial charge on any atom is -0.490 e. The van der Waals surface area contributed by atoms with Gasteiger partial charge in [-0.1, -0.05) is 0 Å². The van der Waals surface area contributed by atoms with Gasteiger partial charge in [-0.3, -0.25) is 0 Å². The van der Waals surface area contributed by atoms with Gasteiger partial charge in [-0.15, -0.1) is 0 Å². The van der Waals surface area contributed by atoms with Crippen LogP contribution in [0.15, 0.2) is 16.6 Å². The molecule has 0 aromatic heterocycles. The zero-order valence-electron chi connectivity index (χ0n) is 12.6. The largest absolute Gasteiger partial charge is 0.490 e. The lowest BCUT2D eigenvalue weighted by molar-refractivity contribution is 0.250. The Labute approximate surface area is 129 Å². The van der Waals surface area contributed by atoms with Crippen LogP contribution in [0.4, 0.5) is 4.39 Å². The van der Waals surface area contributed by atoms with Crippen LogP contribution in [-0.2, 0) is 6.54 Å². The molecular weight excluding hydrogens is 325 g/mol. The smallest absolute Gasteiger partial charge is 0.175 e. The molecule has 0 heterocycles. The van der Waals surface area contributed by atoms with E-state index in [4.69, 9.17) is 9.47 Å². The first-order valence-corrected chi connectivity index (χ1v) is 7.55. The fourth-order valence-corrected chi connectivity index (χ4v) is 2.24. The molecule has 0 saturated heterocycles. The summed E-state index contributed by atoms with van der Waals surface area (Å²) in [6.07, 6.45) is 0. The van der Waals surface area contributed by atoms with Gasteiger partial charge in [0.05, 0.1) is 11.1 Å². The molecule has 1 N–H and O–H groups in total. The first-order chi connectivity index (χ1) is 9.37. The van der Waals surface area contributed by atoms with Crippen molar-refractivity contribution < 1.29 is 13.9 Å². The van der Waals surface area contributed by atoms with Crippen LogP contribution in [0.2, 0.25) is 0 Å². The summed E-state index contributed by atoms with van der Waals surface area (Å²) in [5.41, 5.74) is 1.13. The maximum atomic E-state index is 12.3. The average Bonchev–Trinajstić information content (AvgIpc) is 2.35. The molecular formula is C15H23BrFNO2. The van der Waals surface area contributed by atoms with Gasteiger partial charge < -0.3 is 14.8 Å². The van der Waals surface area contributed by atoms with Crippen molar-refractivity contribution in [3.8, 4) is 11.5 Å². The van der Waals surface area contributed by atoms with E-state index >= 15 is 0 Å². The van der Waals surface area contributed by atoms with E-state index in [9.17, 15) is 4.39 Å². The Hall–Kier alpha value is -0.810. The summed E-state index contributed by atoms with van der Waals surface area (Å²) in [7, 11) is 0. The molecule has 0 unspecified atom stereocenters.